The van der Waals surface area contributed by atoms with Crippen molar-refractivity contribution in [2.45, 2.75) is 51.5 Å². The van der Waals surface area contributed by atoms with Crippen molar-refractivity contribution < 1.29 is 14.3 Å². The minimum atomic E-state index is -0.0791. The molecule has 0 N–H and O–H groups in total. The number of methoxy groups -OCH3 is 1. The normalized spacial score (nSPS) is 15.1. The summed E-state index contributed by atoms with van der Waals surface area (Å²) in [4.78, 5) is 31.1. The second kappa shape index (κ2) is 13.3. The molecule has 0 unspecified atom stereocenters. The first-order valence-electron chi connectivity index (χ1n) is 13.1. The van der Waals surface area contributed by atoms with Crippen LogP contribution in [0.3, 0.4) is 0 Å². The molecule has 0 aromatic heterocycles. The van der Waals surface area contributed by atoms with Crippen molar-refractivity contribution in [3.63, 3.8) is 0 Å². The maximum Gasteiger partial charge on any atom is 0.255 e. The Balaban J connectivity index is 1.65. The van der Waals surface area contributed by atoms with Crippen LogP contribution in [0.1, 0.15) is 60.0 Å². The summed E-state index contributed by atoms with van der Waals surface area (Å²) < 4.78 is 5.35. The lowest BCUT2D eigenvalue weighted by atomic mass is 10.1. The van der Waals surface area contributed by atoms with Gasteiger partial charge in [-0.1, -0.05) is 79.7 Å². The van der Waals surface area contributed by atoms with E-state index in [0.29, 0.717) is 30.2 Å². The minimum Gasteiger partial charge on any atom is -0.497 e. The molecule has 0 saturated carbocycles. The molecule has 0 fully saturated rings. The number of halogens is 1. The molecule has 0 bridgehead atoms. The molecule has 0 saturated heterocycles. The number of hydrogen-bond acceptors (Lipinski definition) is 3. The second-order valence-corrected chi connectivity index (χ2v) is 9.94. The number of para-hydroxylation sites is 1. The van der Waals surface area contributed by atoms with Crippen molar-refractivity contribution in [2.24, 2.45) is 0 Å². The molecule has 5 nitrogen and oxygen atoms in total. The molecular formula is C31H35ClN2O3. The van der Waals surface area contributed by atoms with Gasteiger partial charge in [0.05, 0.1) is 24.1 Å². The van der Waals surface area contributed by atoms with Crippen molar-refractivity contribution in [2.75, 3.05) is 25.1 Å². The maximum absolute atomic E-state index is 13.7. The van der Waals surface area contributed by atoms with E-state index in [-0.39, 0.29) is 18.2 Å². The summed E-state index contributed by atoms with van der Waals surface area (Å²) in [5.74, 6) is 0.702. The lowest BCUT2D eigenvalue weighted by Gasteiger charge is -2.29. The van der Waals surface area contributed by atoms with E-state index in [9.17, 15) is 9.59 Å². The van der Waals surface area contributed by atoms with Crippen molar-refractivity contribution in [1.29, 1.82) is 0 Å². The zero-order valence-corrected chi connectivity index (χ0v) is 22.3. The number of anilines is 1. The molecule has 0 atom stereocenters. The van der Waals surface area contributed by atoms with Crippen molar-refractivity contribution >= 4 is 29.1 Å². The van der Waals surface area contributed by atoms with Gasteiger partial charge >= 0.3 is 0 Å². The lowest BCUT2D eigenvalue weighted by Crippen LogP contribution is -2.36. The smallest absolute Gasteiger partial charge is 0.255 e. The topological polar surface area (TPSA) is 49.9 Å². The summed E-state index contributed by atoms with van der Waals surface area (Å²) in [6.45, 7) is 1.72. The van der Waals surface area contributed by atoms with Crippen LogP contribution in [0.25, 0.3) is 0 Å². The quantitative estimate of drug-likeness (QED) is 0.376. The molecule has 6 heteroatoms. The first-order valence-corrected chi connectivity index (χ1v) is 13.5. The Bertz CT molecular complexity index is 1210. The van der Waals surface area contributed by atoms with Crippen LogP contribution in [0.2, 0.25) is 5.02 Å². The summed E-state index contributed by atoms with van der Waals surface area (Å²) in [5.41, 5.74) is 3.25. The summed E-state index contributed by atoms with van der Waals surface area (Å²) in [7, 11) is 1.63. The van der Waals surface area contributed by atoms with Gasteiger partial charge in [-0.2, -0.15) is 0 Å². The van der Waals surface area contributed by atoms with Gasteiger partial charge in [-0.05, 0) is 54.3 Å². The van der Waals surface area contributed by atoms with Gasteiger partial charge in [-0.3, -0.25) is 9.59 Å². The Kier molecular flexibility index (Phi) is 9.61. The van der Waals surface area contributed by atoms with Crippen molar-refractivity contribution in [3.8, 4) is 5.75 Å². The third kappa shape index (κ3) is 7.14. The lowest BCUT2D eigenvalue weighted by molar-refractivity contribution is -0.118. The van der Waals surface area contributed by atoms with E-state index in [1.807, 2.05) is 70.5 Å². The van der Waals surface area contributed by atoms with Crippen LogP contribution in [-0.4, -0.2) is 36.9 Å². The molecule has 1 aliphatic heterocycles. The highest BCUT2D eigenvalue weighted by Gasteiger charge is 2.23. The molecule has 0 spiro atoms. The minimum absolute atomic E-state index is 0.0413. The van der Waals surface area contributed by atoms with Gasteiger partial charge < -0.3 is 14.5 Å². The van der Waals surface area contributed by atoms with Crippen LogP contribution in [0.15, 0.2) is 72.8 Å². The van der Waals surface area contributed by atoms with Crippen molar-refractivity contribution in [3.05, 3.63) is 94.5 Å². The van der Waals surface area contributed by atoms with Crippen LogP contribution < -0.4 is 9.64 Å². The van der Waals surface area contributed by atoms with Crippen LogP contribution in [0.4, 0.5) is 5.69 Å². The van der Waals surface area contributed by atoms with Gasteiger partial charge in [0.2, 0.25) is 5.91 Å². The first-order chi connectivity index (χ1) is 18.1. The molecule has 4 rings (SSSR count). The number of benzene rings is 3. The molecular weight excluding hydrogens is 484 g/mol. The third-order valence-electron chi connectivity index (χ3n) is 6.89. The van der Waals surface area contributed by atoms with Gasteiger partial charge in [0.25, 0.3) is 5.91 Å². The van der Waals surface area contributed by atoms with Crippen LogP contribution in [0, 0.1) is 0 Å². The summed E-state index contributed by atoms with van der Waals surface area (Å²) >= 11 is 6.39. The number of rotatable bonds is 4. The predicted molar refractivity (Wildman–Crippen MR) is 149 cm³/mol. The number of hydrogen-bond donors (Lipinski definition) is 0. The summed E-state index contributed by atoms with van der Waals surface area (Å²) in [6, 6.07) is 22.8. The number of amides is 2. The van der Waals surface area contributed by atoms with E-state index in [1.165, 1.54) is 0 Å². The molecule has 1 heterocycles. The van der Waals surface area contributed by atoms with E-state index in [1.54, 1.807) is 19.2 Å². The van der Waals surface area contributed by atoms with E-state index in [2.05, 4.69) is 0 Å². The fraction of sp³-hybridized carbons (Fsp3) is 0.355. The first kappa shape index (κ1) is 26.7. The average molecular weight is 519 g/mol. The number of ether oxygens (including phenoxy) is 1. The average Bonchev–Trinajstić information content (AvgIpc) is 2.93. The number of carbonyl (C=O) groups is 2. The van der Waals surface area contributed by atoms with Crippen molar-refractivity contribution in [1.82, 2.24) is 4.90 Å². The van der Waals surface area contributed by atoms with Crippen LogP contribution in [0.5, 0.6) is 5.75 Å². The van der Waals surface area contributed by atoms with Gasteiger partial charge in [-0.15, -0.1) is 0 Å². The largest absolute Gasteiger partial charge is 0.497 e. The Hall–Kier alpha value is -3.31. The van der Waals surface area contributed by atoms with Crippen LogP contribution in [-0.2, 0) is 17.8 Å². The number of fused-ring (bicyclic) bond motifs is 1. The molecule has 2 amide bonds. The third-order valence-corrected chi connectivity index (χ3v) is 7.21. The molecule has 3 aromatic carbocycles. The molecule has 1 aliphatic rings. The van der Waals surface area contributed by atoms with Gasteiger partial charge in [-0.25, -0.2) is 0 Å². The highest BCUT2D eigenvalue weighted by molar-refractivity contribution is 6.33. The molecule has 194 valence electrons. The Morgan fingerprint density at radius 3 is 2.32 bits per heavy atom. The highest BCUT2D eigenvalue weighted by atomic mass is 35.5. The van der Waals surface area contributed by atoms with E-state index >= 15 is 0 Å². The van der Waals surface area contributed by atoms with E-state index < -0.39 is 0 Å². The molecule has 3 aromatic rings. The Morgan fingerprint density at radius 2 is 1.54 bits per heavy atom. The standard InChI is InChI=1S/C31H35ClN2O3/c1-37-26-15-12-13-24(21-26)22-30(35)34-20-11-5-3-2-4-10-19-33(23-25-14-6-9-18-29(25)34)31(36)27-16-7-8-17-28(27)32/h6-9,12-18,21H,2-5,10-11,19-20,22-23H2,1H3. The van der Waals surface area contributed by atoms with Gasteiger partial charge in [0.1, 0.15) is 5.75 Å². The zero-order valence-electron chi connectivity index (χ0n) is 21.5. The fourth-order valence-electron chi connectivity index (χ4n) is 4.88. The van der Waals surface area contributed by atoms with E-state index in [4.69, 9.17) is 16.3 Å². The Morgan fingerprint density at radius 1 is 0.838 bits per heavy atom. The molecule has 37 heavy (non-hydrogen) atoms. The number of nitrogens with zero attached hydrogens (tertiary/aromatic N) is 2. The van der Waals surface area contributed by atoms with Crippen LogP contribution >= 0.6 is 11.6 Å². The van der Waals surface area contributed by atoms with Gasteiger partial charge in [0.15, 0.2) is 0 Å². The number of carbonyl (C=O) groups excluding carboxylic acids is 2. The summed E-state index contributed by atoms with van der Waals surface area (Å²) in [5, 5.41) is 0.457. The Labute approximate surface area is 225 Å². The van der Waals surface area contributed by atoms with Gasteiger partial charge in [0, 0.05) is 25.3 Å². The molecule has 0 aliphatic carbocycles. The maximum atomic E-state index is 13.7. The highest BCUT2D eigenvalue weighted by Crippen LogP contribution is 2.27. The monoisotopic (exact) mass is 518 g/mol. The SMILES string of the molecule is COc1cccc(CC(=O)N2CCCCCCCCN(C(=O)c3ccccc3Cl)Cc3ccccc32)c1. The fourth-order valence-corrected chi connectivity index (χ4v) is 5.10. The zero-order chi connectivity index (χ0) is 26.0. The summed E-state index contributed by atoms with van der Waals surface area (Å²) in [6.07, 6.45) is 6.57. The predicted octanol–water partition coefficient (Wildman–Crippen LogP) is 6.92. The second-order valence-electron chi connectivity index (χ2n) is 9.53. The molecule has 0 radical (unpaired) electrons. The van der Waals surface area contributed by atoms with E-state index in [0.717, 1.165) is 61.1 Å².